The van der Waals surface area contributed by atoms with Crippen molar-refractivity contribution in [3.8, 4) is 0 Å². The summed E-state index contributed by atoms with van der Waals surface area (Å²) in [5.41, 5.74) is -7.66. The minimum Gasteiger partial charge on any atom is -0.244 e. The normalized spacial score (nSPS) is 18.8. The van der Waals surface area contributed by atoms with Crippen LogP contribution in [0.2, 0.25) is 0 Å². The van der Waals surface area contributed by atoms with Crippen molar-refractivity contribution in [2.24, 2.45) is 99.1 Å². The van der Waals surface area contributed by atoms with Gasteiger partial charge < -0.3 is 0 Å². The third-order valence-corrected chi connectivity index (χ3v) is 25.5. The molecule has 2 atom stereocenters. The Morgan fingerprint density at radius 3 is 0.628 bits per heavy atom. The van der Waals surface area contributed by atoms with Gasteiger partial charge in [-0.05, 0) is 221 Å². The Kier molecular flexibility index (Phi) is 49.3. The Bertz CT molecular complexity index is 1680. The van der Waals surface area contributed by atoms with Crippen LogP contribution in [0.1, 0.15) is 411 Å². The first kappa shape index (κ1) is 102. The summed E-state index contributed by atoms with van der Waals surface area (Å²) >= 11 is 0. The predicted molar refractivity (Wildman–Crippen MR) is 409 cm³/mol. The van der Waals surface area contributed by atoms with Crippen LogP contribution in [0.3, 0.4) is 0 Å². The van der Waals surface area contributed by atoms with E-state index in [1.54, 1.807) is 41.5 Å². The quantitative estimate of drug-likeness (QED) is 0.0757. The Morgan fingerprint density at radius 2 is 0.479 bits per heavy atom. The molecule has 0 aromatic rings. The molecule has 0 heterocycles. The summed E-state index contributed by atoms with van der Waals surface area (Å²) in [6, 6.07) is 0. The third-order valence-electron chi connectivity index (χ3n) is 25.5. The first-order chi connectivity index (χ1) is 42.3. The van der Waals surface area contributed by atoms with Crippen molar-refractivity contribution in [2.75, 3.05) is 0 Å². The molecular formula is C86H174F8. The molecule has 3 rings (SSSR count). The fourth-order valence-electron chi connectivity index (χ4n) is 17.3. The number of hydrogen-bond donors (Lipinski definition) is 0. The second kappa shape index (κ2) is 45.4. The van der Waals surface area contributed by atoms with Gasteiger partial charge >= 0.3 is 0 Å². The van der Waals surface area contributed by atoms with Crippen LogP contribution in [0, 0.1) is 99.1 Å². The molecule has 0 bridgehead atoms. The SMILES string of the molecule is CC(C)C(C(C)C)C(C)(F)C(C(C)C)C(C)C.CC(C)C(C(C)C)C(C)(F)C(C)C.CC1(C)CCC(C)(F)CC1.CC1(F)CCCC1.CC1(F)CCCCC1.CCC(C)(CC)C(C)(F)C(C)(CC)CC.CCC(CC)C(C)(F)C(C)C.CCC(CC)C(C)(F)C(CC)CC. The molecule has 574 valence electrons. The highest BCUT2D eigenvalue weighted by atomic mass is 19.2. The molecule has 0 radical (unpaired) electrons. The van der Waals surface area contributed by atoms with Crippen LogP contribution >= 0.6 is 0 Å². The molecule has 0 aromatic carbocycles. The van der Waals surface area contributed by atoms with Gasteiger partial charge in [0, 0.05) is 10.8 Å². The van der Waals surface area contributed by atoms with Crippen LogP contribution in [-0.4, -0.2) is 45.4 Å². The van der Waals surface area contributed by atoms with Crippen LogP contribution in [0.4, 0.5) is 35.1 Å². The van der Waals surface area contributed by atoms with E-state index in [2.05, 4.69) is 180 Å². The summed E-state index contributed by atoms with van der Waals surface area (Å²) in [5, 5.41) is 0. The predicted octanol–water partition coefficient (Wildman–Crippen LogP) is 31.9. The fourth-order valence-corrected chi connectivity index (χ4v) is 17.3. The van der Waals surface area contributed by atoms with Crippen molar-refractivity contribution < 1.29 is 35.1 Å². The smallest absolute Gasteiger partial charge is 0.118 e. The van der Waals surface area contributed by atoms with E-state index in [0.717, 1.165) is 141 Å². The summed E-state index contributed by atoms with van der Waals surface area (Å²) in [6.07, 6.45) is 21.7. The van der Waals surface area contributed by atoms with Gasteiger partial charge in [-0.1, -0.05) is 278 Å². The highest BCUT2D eigenvalue weighted by molar-refractivity contribution is 5.03. The zero-order valence-corrected chi connectivity index (χ0v) is 70.9. The largest absolute Gasteiger partial charge is 0.244 e. The number of halogens is 8. The van der Waals surface area contributed by atoms with E-state index >= 15 is 8.78 Å². The van der Waals surface area contributed by atoms with Gasteiger partial charge in [-0.3, -0.25) is 0 Å². The van der Waals surface area contributed by atoms with Crippen molar-refractivity contribution in [3.05, 3.63) is 0 Å². The summed E-state index contributed by atoms with van der Waals surface area (Å²) in [4.78, 5) is 0. The lowest BCUT2D eigenvalue weighted by Crippen LogP contribution is -2.51. The zero-order chi connectivity index (χ0) is 75.8. The summed E-state index contributed by atoms with van der Waals surface area (Å²) in [6.45, 7) is 77.1. The van der Waals surface area contributed by atoms with Gasteiger partial charge in [-0.2, -0.15) is 0 Å². The maximum Gasteiger partial charge on any atom is 0.118 e. The molecule has 0 N–H and O–H groups in total. The molecule has 3 saturated carbocycles. The molecule has 8 heteroatoms. The Labute approximate surface area is 587 Å². The van der Waals surface area contributed by atoms with Crippen molar-refractivity contribution >= 4 is 0 Å². The van der Waals surface area contributed by atoms with E-state index in [1.165, 1.54) is 6.42 Å². The molecule has 0 aliphatic heterocycles. The van der Waals surface area contributed by atoms with Gasteiger partial charge in [0.2, 0.25) is 0 Å². The average Bonchev–Trinajstić information content (AvgIpc) is 0.816. The molecule has 3 fully saturated rings. The molecule has 0 aromatic heterocycles. The lowest BCUT2D eigenvalue weighted by molar-refractivity contribution is -0.0946. The number of rotatable bonds is 26. The monoisotopic (exact) mass is 1360 g/mol. The van der Waals surface area contributed by atoms with E-state index in [-0.39, 0.29) is 58.2 Å². The van der Waals surface area contributed by atoms with Crippen LogP contribution in [-0.2, 0) is 0 Å². The van der Waals surface area contributed by atoms with Crippen LogP contribution in [0.15, 0.2) is 0 Å². The van der Waals surface area contributed by atoms with E-state index < -0.39 is 45.4 Å². The number of alkyl halides is 8. The van der Waals surface area contributed by atoms with Crippen molar-refractivity contribution in [1.29, 1.82) is 0 Å². The molecule has 3 aliphatic rings. The maximum atomic E-state index is 15.4. The summed E-state index contributed by atoms with van der Waals surface area (Å²) < 4.78 is 112. The summed E-state index contributed by atoms with van der Waals surface area (Å²) in [5.74, 6) is 3.76. The second-order valence-corrected chi connectivity index (χ2v) is 36.2. The first-order valence-corrected chi connectivity index (χ1v) is 39.8. The molecular weight excluding hydrogens is 1180 g/mol. The molecule has 2 unspecified atom stereocenters. The van der Waals surface area contributed by atoms with E-state index in [4.69, 9.17) is 0 Å². The van der Waals surface area contributed by atoms with Crippen LogP contribution < -0.4 is 0 Å². The Morgan fingerprint density at radius 1 is 0.277 bits per heavy atom. The number of hydrogen-bond acceptors (Lipinski definition) is 0. The van der Waals surface area contributed by atoms with Gasteiger partial charge in [0.25, 0.3) is 0 Å². The molecule has 0 amide bonds. The molecule has 3 aliphatic carbocycles. The average molecular weight is 1360 g/mol. The van der Waals surface area contributed by atoms with Crippen molar-refractivity contribution in [1.82, 2.24) is 0 Å². The van der Waals surface area contributed by atoms with Gasteiger partial charge in [0.15, 0.2) is 0 Å². The fraction of sp³-hybridized carbons (Fsp3) is 1.00. The van der Waals surface area contributed by atoms with Gasteiger partial charge in [0.05, 0.1) is 0 Å². The van der Waals surface area contributed by atoms with Crippen LogP contribution in [0.5, 0.6) is 0 Å². The van der Waals surface area contributed by atoms with Crippen molar-refractivity contribution in [2.45, 2.75) is 456 Å². The summed E-state index contributed by atoms with van der Waals surface area (Å²) in [7, 11) is 0. The highest BCUT2D eigenvalue weighted by Crippen LogP contribution is 2.54. The van der Waals surface area contributed by atoms with Gasteiger partial charge in [-0.15, -0.1) is 0 Å². The second-order valence-electron chi connectivity index (χ2n) is 36.2. The minimum absolute atomic E-state index is 0.0994. The zero-order valence-electron chi connectivity index (χ0n) is 70.9. The first-order valence-electron chi connectivity index (χ1n) is 39.8. The molecule has 0 saturated heterocycles. The Hall–Kier alpha value is -0.560. The molecule has 94 heavy (non-hydrogen) atoms. The van der Waals surface area contributed by atoms with Gasteiger partial charge in [0.1, 0.15) is 45.4 Å². The standard InChI is InChI=1S/C16H33F.C14H29F.2C12H25F.C10H21F.C9H17F.C7H13F.C6H11F/c1-10(2)14(11(3)4)16(9,17)15(12(5)6)13(7)8;1-8-12(5,9-2)14(7,15)13(6,10-3)11-4;1-8(2)11(9(3)4)12(7,13)10(5)6;1-6-10(7-2)12(5,13)11(8-3)9-4;1-6-9(7-2)10(5,11)8(3)4;1-8(2)4-6-9(3,10)7-5-8;1-7(8)5-3-2-4-6-7;1-6(7)4-2-3-5-6/h10-15H,1-9H3;8-11H2,1-7H3;8-11H,1-7H3;10-11H,6-9H2,1-5H3;8-9H,6-7H2,1-5H3;4-7H2,1-3H3;2-6H2,1H3;2-5H2,1H3. The van der Waals surface area contributed by atoms with E-state index in [9.17, 15) is 26.3 Å². The molecule has 0 nitrogen and oxygen atoms in total. The lowest BCUT2D eigenvalue weighted by atomic mass is 9.57. The van der Waals surface area contributed by atoms with E-state index in [1.807, 2.05) is 41.5 Å². The highest BCUT2D eigenvalue weighted by Gasteiger charge is 2.53. The third kappa shape index (κ3) is 34.9. The van der Waals surface area contributed by atoms with Gasteiger partial charge in [-0.25, -0.2) is 35.1 Å². The molecule has 0 spiro atoms. The topological polar surface area (TPSA) is 0 Å². The van der Waals surface area contributed by atoms with Crippen molar-refractivity contribution in [3.63, 3.8) is 0 Å². The Balaban J connectivity index is -0.000000325. The maximum absolute atomic E-state index is 15.4. The minimum atomic E-state index is -1.09. The lowest BCUT2D eigenvalue weighted by Gasteiger charge is -2.51. The van der Waals surface area contributed by atoms with E-state index in [0.29, 0.717) is 40.9 Å². The van der Waals surface area contributed by atoms with Crippen LogP contribution in [0.25, 0.3) is 0 Å².